The number of hydrogen-bond donors (Lipinski definition) is 0. The van der Waals surface area contributed by atoms with E-state index in [1.54, 1.807) is 12.2 Å². The molecule has 0 aliphatic rings. The molecular formula is C7H8O. The molecule has 0 fully saturated rings. The molecule has 0 rings (SSSR count). The minimum absolute atomic E-state index is 0.707. The predicted octanol–water partition coefficient (Wildman–Crippen LogP) is 1.48. The summed E-state index contributed by atoms with van der Waals surface area (Å²) in [6.45, 7) is 6.90. The SMILES string of the molecule is C=CC(C=C)=CC=O. The third-order valence-corrected chi connectivity index (χ3v) is 0.732. The van der Waals surface area contributed by atoms with Crippen molar-refractivity contribution in [2.24, 2.45) is 0 Å². The third-order valence-electron chi connectivity index (χ3n) is 0.732. The molecular weight excluding hydrogens is 100 g/mol. The highest BCUT2D eigenvalue weighted by atomic mass is 16.1. The maximum Gasteiger partial charge on any atom is 0.143 e. The Hall–Kier alpha value is -1.11. The Morgan fingerprint density at radius 3 is 1.88 bits per heavy atom. The molecule has 0 saturated carbocycles. The van der Waals surface area contributed by atoms with E-state index in [0.717, 1.165) is 5.57 Å². The average molecular weight is 108 g/mol. The lowest BCUT2D eigenvalue weighted by molar-refractivity contribution is -0.104. The number of hydrogen-bond acceptors (Lipinski definition) is 1. The maximum atomic E-state index is 9.76. The van der Waals surface area contributed by atoms with Crippen molar-refractivity contribution in [3.63, 3.8) is 0 Å². The molecule has 0 aliphatic carbocycles. The van der Waals surface area contributed by atoms with Gasteiger partial charge in [-0.25, -0.2) is 0 Å². The zero-order valence-electron chi connectivity index (χ0n) is 4.63. The van der Waals surface area contributed by atoms with Crippen LogP contribution in [-0.4, -0.2) is 6.29 Å². The quantitative estimate of drug-likeness (QED) is 0.304. The monoisotopic (exact) mass is 108 g/mol. The summed E-state index contributed by atoms with van der Waals surface area (Å²) in [6, 6.07) is 0. The topological polar surface area (TPSA) is 17.1 Å². The van der Waals surface area contributed by atoms with Crippen LogP contribution in [0.1, 0.15) is 0 Å². The summed E-state index contributed by atoms with van der Waals surface area (Å²) >= 11 is 0. The number of carbonyl (C=O) groups excluding carboxylic acids is 1. The van der Waals surface area contributed by atoms with Crippen LogP contribution in [0.2, 0.25) is 0 Å². The van der Waals surface area contributed by atoms with E-state index in [9.17, 15) is 4.79 Å². The van der Waals surface area contributed by atoms with Crippen LogP contribution in [0, 0.1) is 0 Å². The second-order valence-corrected chi connectivity index (χ2v) is 1.21. The van der Waals surface area contributed by atoms with Gasteiger partial charge in [-0.05, 0) is 11.6 Å². The van der Waals surface area contributed by atoms with Crippen LogP contribution >= 0.6 is 0 Å². The van der Waals surface area contributed by atoms with E-state index in [2.05, 4.69) is 13.2 Å². The fourth-order valence-corrected chi connectivity index (χ4v) is 0.298. The highest BCUT2D eigenvalue weighted by Gasteiger charge is 1.76. The summed E-state index contributed by atoms with van der Waals surface area (Å²) in [5.74, 6) is 0. The minimum Gasteiger partial charge on any atom is -0.299 e. The van der Waals surface area contributed by atoms with Crippen molar-refractivity contribution in [3.05, 3.63) is 37.0 Å². The van der Waals surface area contributed by atoms with E-state index < -0.39 is 0 Å². The summed E-state index contributed by atoms with van der Waals surface area (Å²) in [5.41, 5.74) is 0.750. The Morgan fingerprint density at radius 2 is 1.75 bits per heavy atom. The van der Waals surface area contributed by atoms with Crippen molar-refractivity contribution in [2.75, 3.05) is 0 Å². The van der Waals surface area contributed by atoms with E-state index in [1.165, 1.54) is 6.08 Å². The first-order valence-corrected chi connectivity index (χ1v) is 2.25. The van der Waals surface area contributed by atoms with Crippen molar-refractivity contribution >= 4 is 6.29 Å². The van der Waals surface area contributed by atoms with Crippen LogP contribution in [0.15, 0.2) is 37.0 Å². The van der Waals surface area contributed by atoms with Gasteiger partial charge >= 0.3 is 0 Å². The standard InChI is InChI=1S/C7H8O/c1-3-7(4-2)5-6-8/h3-6H,1-2H2. The molecule has 0 saturated heterocycles. The van der Waals surface area contributed by atoms with Crippen LogP contribution in [-0.2, 0) is 4.79 Å². The molecule has 0 aromatic carbocycles. The van der Waals surface area contributed by atoms with Gasteiger partial charge in [0.1, 0.15) is 6.29 Å². The zero-order chi connectivity index (χ0) is 6.41. The first kappa shape index (κ1) is 6.89. The van der Waals surface area contributed by atoms with E-state index >= 15 is 0 Å². The largest absolute Gasteiger partial charge is 0.299 e. The van der Waals surface area contributed by atoms with Gasteiger partial charge in [0.05, 0.1) is 0 Å². The summed E-state index contributed by atoms with van der Waals surface area (Å²) in [7, 11) is 0. The molecule has 0 amide bonds. The molecule has 0 unspecified atom stereocenters. The van der Waals surface area contributed by atoms with Crippen molar-refractivity contribution < 1.29 is 4.79 Å². The lowest BCUT2D eigenvalue weighted by Crippen LogP contribution is -1.68. The van der Waals surface area contributed by atoms with E-state index in [0.29, 0.717) is 6.29 Å². The van der Waals surface area contributed by atoms with Gasteiger partial charge in [-0.2, -0.15) is 0 Å². The number of carbonyl (C=O) groups is 1. The van der Waals surface area contributed by atoms with Crippen LogP contribution in [0.4, 0.5) is 0 Å². The molecule has 0 aromatic rings. The Bertz CT molecular complexity index is 121. The van der Waals surface area contributed by atoms with Gasteiger partial charge in [0.15, 0.2) is 0 Å². The second-order valence-electron chi connectivity index (χ2n) is 1.21. The van der Waals surface area contributed by atoms with Gasteiger partial charge in [-0.1, -0.05) is 25.3 Å². The number of rotatable bonds is 3. The third kappa shape index (κ3) is 2.13. The Kier molecular flexibility index (Phi) is 3.50. The molecule has 42 valence electrons. The molecule has 8 heavy (non-hydrogen) atoms. The molecule has 0 aromatic heterocycles. The van der Waals surface area contributed by atoms with Crippen molar-refractivity contribution in [1.29, 1.82) is 0 Å². The smallest absolute Gasteiger partial charge is 0.143 e. The highest BCUT2D eigenvalue weighted by Crippen LogP contribution is 1.92. The lowest BCUT2D eigenvalue weighted by Gasteiger charge is -1.81. The second kappa shape index (κ2) is 4.06. The molecule has 0 radical (unpaired) electrons. The van der Waals surface area contributed by atoms with Gasteiger partial charge in [0, 0.05) is 0 Å². The molecule has 0 atom stereocenters. The fraction of sp³-hybridized carbons (Fsp3) is 0. The molecule has 0 bridgehead atoms. The number of aldehydes is 1. The van der Waals surface area contributed by atoms with Crippen molar-refractivity contribution in [1.82, 2.24) is 0 Å². The molecule has 0 N–H and O–H groups in total. The summed E-state index contributed by atoms with van der Waals surface area (Å²) in [6.07, 6.45) is 5.25. The summed E-state index contributed by atoms with van der Waals surface area (Å²) in [4.78, 5) is 9.76. The molecule has 1 heteroatoms. The Labute approximate surface area is 49.0 Å². The van der Waals surface area contributed by atoms with Crippen LogP contribution in [0.3, 0.4) is 0 Å². The Balaban J connectivity index is 4.05. The van der Waals surface area contributed by atoms with Crippen LogP contribution in [0.25, 0.3) is 0 Å². The maximum absolute atomic E-state index is 9.76. The van der Waals surface area contributed by atoms with Crippen molar-refractivity contribution in [2.45, 2.75) is 0 Å². The molecule has 1 nitrogen and oxygen atoms in total. The molecule has 0 aliphatic heterocycles. The van der Waals surface area contributed by atoms with Crippen molar-refractivity contribution in [3.8, 4) is 0 Å². The van der Waals surface area contributed by atoms with Crippen LogP contribution < -0.4 is 0 Å². The van der Waals surface area contributed by atoms with Gasteiger partial charge < -0.3 is 0 Å². The first-order valence-electron chi connectivity index (χ1n) is 2.25. The van der Waals surface area contributed by atoms with E-state index in [-0.39, 0.29) is 0 Å². The zero-order valence-corrected chi connectivity index (χ0v) is 4.63. The minimum atomic E-state index is 0.707. The van der Waals surface area contributed by atoms with Gasteiger partial charge in [0.25, 0.3) is 0 Å². The van der Waals surface area contributed by atoms with Crippen LogP contribution in [0.5, 0.6) is 0 Å². The summed E-state index contributed by atoms with van der Waals surface area (Å²) < 4.78 is 0. The summed E-state index contributed by atoms with van der Waals surface area (Å²) in [5, 5.41) is 0. The Morgan fingerprint density at radius 1 is 1.25 bits per heavy atom. The highest BCUT2D eigenvalue weighted by molar-refractivity contribution is 5.68. The predicted molar refractivity (Wildman–Crippen MR) is 34.5 cm³/mol. The fourth-order valence-electron chi connectivity index (χ4n) is 0.298. The van der Waals surface area contributed by atoms with Gasteiger partial charge in [-0.15, -0.1) is 0 Å². The first-order chi connectivity index (χ1) is 3.85. The van der Waals surface area contributed by atoms with E-state index in [4.69, 9.17) is 0 Å². The molecule has 0 heterocycles. The van der Waals surface area contributed by atoms with Gasteiger partial charge in [-0.3, -0.25) is 4.79 Å². The molecule has 0 spiro atoms. The van der Waals surface area contributed by atoms with Gasteiger partial charge in [0.2, 0.25) is 0 Å². The number of allylic oxidation sites excluding steroid dienone is 4. The lowest BCUT2D eigenvalue weighted by atomic mass is 10.2. The average Bonchev–Trinajstić information content (AvgIpc) is 1.83. The normalized spacial score (nSPS) is 7.00. The van der Waals surface area contributed by atoms with E-state index in [1.807, 2.05) is 0 Å².